The standard InChI is InChI=1S/C22H19BrN2O3S/c1-15-12-17-13-16(22(26)24-19-7-5-6-18(23)14-19)10-11-21(17)25(15)29(27,28)20-8-3-2-4-9-20/h2-11,13-15H,12H2,1H3,(H,24,26)/t15-/m0/s1. The minimum atomic E-state index is -3.66. The van der Waals surface area contributed by atoms with Crippen molar-refractivity contribution >= 4 is 43.2 Å². The Bertz CT molecular complexity index is 1180. The molecule has 0 fully saturated rings. The van der Waals surface area contributed by atoms with Gasteiger partial charge in [-0.15, -0.1) is 0 Å². The molecule has 1 N–H and O–H groups in total. The van der Waals surface area contributed by atoms with Crippen LogP contribution in [0.15, 0.2) is 82.2 Å². The summed E-state index contributed by atoms with van der Waals surface area (Å²) in [6.45, 7) is 1.88. The molecule has 0 spiro atoms. The Kier molecular flexibility index (Phi) is 5.19. The maximum atomic E-state index is 13.1. The van der Waals surface area contributed by atoms with E-state index in [9.17, 15) is 13.2 Å². The summed E-state index contributed by atoms with van der Waals surface area (Å²) < 4.78 is 28.6. The molecule has 0 unspecified atom stereocenters. The molecule has 0 saturated carbocycles. The highest BCUT2D eigenvalue weighted by Crippen LogP contribution is 2.37. The van der Waals surface area contributed by atoms with Crippen LogP contribution in [-0.4, -0.2) is 20.4 Å². The van der Waals surface area contributed by atoms with Crippen LogP contribution in [0.5, 0.6) is 0 Å². The molecule has 7 heteroatoms. The highest BCUT2D eigenvalue weighted by atomic mass is 79.9. The van der Waals surface area contributed by atoms with E-state index in [1.54, 1.807) is 48.5 Å². The van der Waals surface area contributed by atoms with Gasteiger partial charge in [-0.2, -0.15) is 0 Å². The van der Waals surface area contributed by atoms with Crippen molar-refractivity contribution < 1.29 is 13.2 Å². The molecule has 1 amide bonds. The topological polar surface area (TPSA) is 66.5 Å². The molecule has 0 saturated heterocycles. The first-order chi connectivity index (χ1) is 13.9. The van der Waals surface area contributed by atoms with Gasteiger partial charge < -0.3 is 5.32 Å². The summed E-state index contributed by atoms with van der Waals surface area (Å²) in [5, 5.41) is 2.87. The lowest BCUT2D eigenvalue weighted by Crippen LogP contribution is -2.35. The van der Waals surface area contributed by atoms with Crippen molar-refractivity contribution in [2.45, 2.75) is 24.3 Å². The first-order valence-corrected chi connectivity index (χ1v) is 11.4. The minimum Gasteiger partial charge on any atom is -0.322 e. The first-order valence-electron chi connectivity index (χ1n) is 9.15. The lowest BCUT2D eigenvalue weighted by atomic mass is 10.1. The number of halogens is 1. The minimum absolute atomic E-state index is 0.224. The average Bonchev–Trinajstić information content (AvgIpc) is 3.04. The van der Waals surface area contributed by atoms with Crippen LogP contribution >= 0.6 is 15.9 Å². The van der Waals surface area contributed by atoms with Gasteiger partial charge in [0.05, 0.1) is 10.6 Å². The molecule has 5 nitrogen and oxygen atoms in total. The Labute approximate surface area is 178 Å². The number of fused-ring (bicyclic) bond motifs is 1. The van der Waals surface area contributed by atoms with E-state index >= 15 is 0 Å². The van der Waals surface area contributed by atoms with Gasteiger partial charge in [0.1, 0.15) is 0 Å². The fourth-order valence-electron chi connectivity index (χ4n) is 3.59. The maximum absolute atomic E-state index is 13.1. The van der Waals surface area contributed by atoms with Gasteiger partial charge >= 0.3 is 0 Å². The van der Waals surface area contributed by atoms with Gasteiger partial charge in [0.15, 0.2) is 0 Å². The summed E-state index contributed by atoms with van der Waals surface area (Å²) >= 11 is 3.39. The second-order valence-corrected chi connectivity index (χ2v) is 9.71. The molecule has 29 heavy (non-hydrogen) atoms. The Morgan fingerprint density at radius 3 is 2.52 bits per heavy atom. The van der Waals surface area contributed by atoms with Gasteiger partial charge in [0.2, 0.25) is 0 Å². The second kappa shape index (κ2) is 7.65. The predicted octanol–water partition coefficient (Wildman–Crippen LogP) is 4.84. The van der Waals surface area contributed by atoms with Gasteiger partial charge in [0, 0.05) is 21.8 Å². The van der Waals surface area contributed by atoms with Crippen LogP contribution in [0.25, 0.3) is 0 Å². The molecule has 4 rings (SSSR count). The fourth-order valence-corrected chi connectivity index (χ4v) is 5.70. The Morgan fingerprint density at radius 1 is 1.03 bits per heavy atom. The summed E-state index contributed by atoms with van der Waals surface area (Å²) in [6, 6.07) is 20.7. The number of benzene rings is 3. The van der Waals surface area contributed by atoms with Crippen LogP contribution in [0.3, 0.4) is 0 Å². The number of nitrogens with one attached hydrogen (secondary N) is 1. The Hall–Kier alpha value is -2.64. The van der Waals surface area contributed by atoms with E-state index in [1.807, 2.05) is 31.2 Å². The number of anilines is 2. The normalized spacial score (nSPS) is 15.8. The van der Waals surface area contributed by atoms with Gasteiger partial charge in [0.25, 0.3) is 15.9 Å². The van der Waals surface area contributed by atoms with Crippen molar-refractivity contribution in [1.82, 2.24) is 0 Å². The van der Waals surface area contributed by atoms with E-state index in [0.29, 0.717) is 23.4 Å². The largest absolute Gasteiger partial charge is 0.322 e. The molecule has 0 radical (unpaired) electrons. The number of carbonyl (C=O) groups excluding carboxylic acids is 1. The van der Waals surface area contributed by atoms with Crippen molar-refractivity contribution in [3.63, 3.8) is 0 Å². The highest BCUT2D eigenvalue weighted by Gasteiger charge is 2.36. The molecule has 0 bridgehead atoms. The number of hydrogen-bond donors (Lipinski definition) is 1. The number of rotatable bonds is 4. The molecule has 1 atom stereocenters. The quantitative estimate of drug-likeness (QED) is 0.592. The number of sulfonamides is 1. The number of hydrogen-bond acceptors (Lipinski definition) is 3. The summed E-state index contributed by atoms with van der Waals surface area (Å²) in [4.78, 5) is 12.9. The van der Waals surface area contributed by atoms with Crippen LogP contribution in [-0.2, 0) is 16.4 Å². The van der Waals surface area contributed by atoms with Gasteiger partial charge in [-0.25, -0.2) is 8.42 Å². The van der Waals surface area contributed by atoms with Crippen molar-refractivity contribution in [3.05, 3.63) is 88.4 Å². The molecular formula is C22H19BrN2O3S. The zero-order valence-corrected chi connectivity index (χ0v) is 18.1. The van der Waals surface area contributed by atoms with E-state index in [1.165, 1.54) is 4.31 Å². The van der Waals surface area contributed by atoms with Crippen LogP contribution in [0.1, 0.15) is 22.8 Å². The third-order valence-corrected chi connectivity index (χ3v) is 7.31. The lowest BCUT2D eigenvalue weighted by molar-refractivity contribution is 0.102. The summed E-state index contributed by atoms with van der Waals surface area (Å²) in [6.07, 6.45) is 0.555. The summed E-state index contributed by atoms with van der Waals surface area (Å²) in [5.74, 6) is -0.233. The van der Waals surface area contributed by atoms with Crippen LogP contribution < -0.4 is 9.62 Å². The third kappa shape index (κ3) is 3.80. The number of carbonyl (C=O) groups is 1. The average molecular weight is 471 g/mol. The van der Waals surface area contributed by atoms with E-state index < -0.39 is 10.0 Å². The van der Waals surface area contributed by atoms with Crippen molar-refractivity contribution in [2.75, 3.05) is 9.62 Å². The van der Waals surface area contributed by atoms with E-state index in [-0.39, 0.29) is 16.8 Å². The molecule has 1 aliphatic heterocycles. The number of nitrogens with zero attached hydrogens (tertiary/aromatic N) is 1. The monoisotopic (exact) mass is 470 g/mol. The molecule has 1 heterocycles. The predicted molar refractivity (Wildman–Crippen MR) is 118 cm³/mol. The van der Waals surface area contributed by atoms with Gasteiger partial charge in [-0.3, -0.25) is 9.10 Å². The molecule has 0 aliphatic carbocycles. The van der Waals surface area contributed by atoms with Crippen LogP contribution in [0, 0.1) is 0 Å². The number of amides is 1. The van der Waals surface area contributed by atoms with Gasteiger partial charge in [-0.1, -0.05) is 40.2 Å². The molecule has 1 aliphatic rings. The summed E-state index contributed by atoms with van der Waals surface area (Å²) in [5.41, 5.74) is 2.65. The Morgan fingerprint density at radius 2 is 1.79 bits per heavy atom. The van der Waals surface area contributed by atoms with Gasteiger partial charge in [-0.05, 0) is 67.4 Å². The molecule has 3 aromatic rings. The summed E-state index contributed by atoms with van der Waals surface area (Å²) in [7, 11) is -3.66. The molecule has 3 aromatic carbocycles. The van der Waals surface area contributed by atoms with Crippen LogP contribution in [0.2, 0.25) is 0 Å². The van der Waals surface area contributed by atoms with Crippen molar-refractivity contribution in [3.8, 4) is 0 Å². The highest BCUT2D eigenvalue weighted by molar-refractivity contribution is 9.10. The molecule has 0 aromatic heterocycles. The van der Waals surface area contributed by atoms with E-state index in [2.05, 4.69) is 21.2 Å². The van der Waals surface area contributed by atoms with Crippen molar-refractivity contribution in [1.29, 1.82) is 0 Å². The zero-order chi connectivity index (χ0) is 20.6. The second-order valence-electron chi connectivity index (χ2n) is 6.98. The smallest absolute Gasteiger partial charge is 0.264 e. The lowest BCUT2D eigenvalue weighted by Gasteiger charge is -2.24. The fraction of sp³-hybridized carbons (Fsp3) is 0.136. The zero-order valence-electron chi connectivity index (χ0n) is 15.7. The maximum Gasteiger partial charge on any atom is 0.264 e. The first kappa shape index (κ1) is 19.7. The van der Waals surface area contributed by atoms with Crippen LogP contribution in [0.4, 0.5) is 11.4 Å². The van der Waals surface area contributed by atoms with E-state index in [4.69, 9.17) is 0 Å². The van der Waals surface area contributed by atoms with E-state index in [0.717, 1.165) is 10.0 Å². The molecule has 148 valence electrons. The molecular weight excluding hydrogens is 452 g/mol. The third-order valence-electron chi connectivity index (χ3n) is 4.88. The Balaban J connectivity index is 1.63. The van der Waals surface area contributed by atoms with Crippen molar-refractivity contribution in [2.24, 2.45) is 0 Å². The SMILES string of the molecule is C[C@H]1Cc2cc(C(=O)Nc3cccc(Br)c3)ccc2N1S(=O)(=O)c1ccccc1.